The molecule has 0 aliphatic heterocycles. The maximum atomic E-state index is 8.69. The Kier molecular flexibility index (Phi) is 4.78. The summed E-state index contributed by atoms with van der Waals surface area (Å²) >= 11 is 5.88. The minimum Gasteiger partial charge on any atom is -0.374 e. The van der Waals surface area contributed by atoms with Gasteiger partial charge in [0.05, 0.1) is 12.5 Å². The number of rotatable bonds is 5. The van der Waals surface area contributed by atoms with Crippen LogP contribution in [0.3, 0.4) is 0 Å². The summed E-state index contributed by atoms with van der Waals surface area (Å²) in [5.41, 5.74) is 2.76. The van der Waals surface area contributed by atoms with Gasteiger partial charge in [0, 0.05) is 16.3 Å². The first-order chi connectivity index (χ1) is 11.7. The minimum absolute atomic E-state index is 0.139. The molecule has 0 aliphatic rings. The lowest BCUT2D eigenvalue weighted by molar-refractivity contribution is 0.368. The van der Waals surface area contributed by atoms with E-state index in [0.29, 0.717) is 23.2 Å². The van der Waals surface area contributed by atoms with Crippen molar-refractivity contribution in [2.45, 2.75) is 19.4 Å². The summed E-state index contributed by atoms with van der Waals surface area (Å²) in [4.78, 5) is 4.43. The van der Waals surface area contributed by atoms with Crippen molar-refractivity contribution >= 4 is 17.3 Å². The second-order valence-electron chi connectivity index (χ2n) is 5.36. The summed E-state index contributed by atoms with van der Waals surface area (Å²) in [6, 6.07) is 17.0. The highest BCUT2D eigenvalue weighted by Crippen LogP contribution is 2.23. The largest absolute Gasteiger partial charge is 0.374 e. The van der Waals surface area contributed by atoms with E-state index in [1.807, 2.05) is 43.3 Å². The Balaban J connectivity index is 1.70. The second-order valence-corrected chi connectivity index (χ2v) is 5.80. The average molecular weight is 339 g/mol. The van der Waals surface area contributed by atoms with Gasteiger partial charge < -0.3 is 9.84 Å². The van der Waals surface area contributed by atoms with Gasteiger partial charge in [-0.15, -0.1) is 0 Å². The van der Waals surface area contributed by atoms with Gasteiger partial charge in [-0.3, -0.25) is 0 Å². The second kappa shape index (κ2) is 7.16. The highest BCUT2D eigenvalue weighted by Gasteiger charge is 2.15. The number of nitrogens with zero attached hydrogens (tertiary/aromatic N) is 3. The SMILES string of the molecule is CC(Nc1ccc(CC#N)cc1)c1nc(-c2ccc(Cl)cc2)no1. The van der Waals surface area contributed by atoms with Gasteiger partial charge in [0.2, 0.25) is 11.7 Å². The van der Waals surface area contributed by atoms with Crippen LogP contribution in [0, 0.1) is 11.3 Å². The quantitative estimate of drug-likeness (QED) is 0.734. The maximum Gasteiger partial charge on any atom is 0.249 e. The first-order valence-corrected chi connectivity index (χ1v) is 7.85. The molecule has 6 heteroatoms. The number of aromatic nitrogens is 2. The zero-order chi connectivity index (χ0) is 16.9. The molecule has 0 saturated heterocycles. The molecule has 120 valence electrons. The lowest BCUT2D eigenvalue weighted by Gasteiger charge is -2.11. The molecule has 0 radical (unpaired) electrons. The van der Waals surface area contributed by atoms with E-state index in [2.05, 4.69) is 21.5 Å². The van der Waals surface area contributed by atoms with Crippen molar-refractivity contribution in [1.29, 1.82) is 5.26 Å². The Morgan fingerprint density at radius 1 is 1.17 bits per heavy atom. The van der Waals surface area contributed by atoms with E-state index in [9.17, 15) is 0 Å². The van der Waals surface area contributed by atoms with Gasteiger partial charge in [-0.25, -0.2) is 0 Å². The van der Waals surface area contributed by atoms with E-state index in [0.717, 1.165) is 16.8 Å². The number of hydrogen-bond donors (Lipinski definition) is 1. The molecule has 1 unspecified atom stereocenters. The summed E-state index contributed by atoms with van der Waals surface area (Å²) < 4.78 is 5.35. The third kappa shape index (κ3) is 3.73. The van der Waals surface area contributed by atoms with Crippen LogP contribution in [0.25, 0.3) is 11.4 Å². The monoisotopic (exact) mass is 338 g/mol. The number of benzene rings is 2. The lowest BCUT2D eigenvalue weighted by atomic mass is 10.1. The fourth-order valence-corrected chi connectivity index (χ4v) is 2.38. The van der Waals surface area contributed by atoms with Crippen LogP contribution in [0.5, 0.6) is 0 Å². The Labute approximate surface area is 144 Å². The van der Waals surface area contributed by atoms with Crippen LogP contribution in [-0.2, 0) is 6.42 Å². The van der Waals surface area contributed by atoms with Crippen molar-refractivity contribution in [3.63, 3.8) is 0 Å². The first kappa shape index (κ1) is 16.0. The van der Waals surface area contributed by atoms with Crippen LogP contribution in [0.2, 0.25) is 5.02 Å². The van der Waals surface area contributed by atoms with Gasteiger partial charge >= 0.3 is 0 Å². The fourth-order valence-electron chi connectivity index (χ4n) is 2.25. The van der Waals surface area contributed by atoms with E-state index in [1.165, 1.54) is 0 Å². The van der Waals surface area contributed by atoms with Crippen LogP contribution in [0.4, 0.5) is 5.69 Å². The Hall–Kier alpha value is -2.84. The fraction of sp³-hybridized carbons (Fsp3) is 0.167. The first-order valence-electron chi connectivity index (χ1n) is 7.47. The summed E-state index contributed by atoms with van der Waals surface area (Å²) in [6.07, 6.45) is 0.407. The predicted octanol–water partition coefficient (Wildman–Crippen LogP) is 4.63. The molecule has 24 heavy (non-hydrogen) atoms. The number of hydrogen-bond acceptors (Lipinski definition) is 5. The van der Waals surface area contributed by atoms with Crippen molar-refractivity contribution in [3.05, 3.63) is 65.0 Å². The van der Waals surface area contributed by atoms with Crippen LogP contribution in [-0.4, -0.2) is 10.1 Å². The number of anilines is 1. The molecule has 3 aromatic rings. The van der Waals surface area contributed by atoms with E-state index >= 15 is 0 Å². The maximum absolute atomic E-state index is 8.69. The highest BCUT2D eigenvalue weighted by atomic mass is 35.5. The molecule has 0 amide bonds. The zero-order valence-corrected chi connectivity index (χ0v) is 13.8. The van der Waals surface area contributed by atoms with Crippen molar-refractivity contribution < 1.29 is 4.52 Å². The van der Waals surface area contributed by atoms with Gasteiger partial charge in [0.25, 0.3) is 0 Å². The normalized spacial score (nSPS) is 11.7. The number of nitrogens with one attached hydrogen (secondary N) is 1. The third-order valence-electron chi connectivity index (χ3n) is 3.53. The van der Waals surface area contributed by atoms with Gasteiger partial charge in [-0.1, -0.05) is 28.9 Å². The number of halogens is 1. The van der Waals surface area contributed by atoms with Crippen LogP contribution in [0.1, 0.15) is 24.4 Å². The summed E-state index contributed by atoms with van der Waals surface area (Å²) in [7, 11) is 0. The molecule has 1 aromatic heterocycles. The molecule has 0 spiro atoms. The third-order valence-corrected chi connectivity index (χ3v) is 3.79. The van der Waals surface area contributed by atoms with Crippen molar-refractivity contribution in [2.24, 2.45) is 0 Å². The predicted molar refractivity (Wildman–Crippen MR) is 92.5 cm³/mol. The molecule has 3 rings (SSSR count). The van der Waals surface area contributed by atoms with Gasteiger partial charge in [-0.05, 0) is 48.9 Å². The minimum atomic E-state index is -0.139. The summed E-state index contributed by atoms with van der Waals surface area (Å²) in [5, 5.41) is 16.7. The molecular weight excluding hydrogens is 324 g/mol. The average Bonchev–Trinajstić information content (AvgIpc) is 3.08. The molecule has 1 N–H and O–H groups in total. The van der Waals surface area contributed by atoms with Gasteiger partial charge in [0.1, 0.15) is 6.04 Å². The van der Waals surface area contributed by atoms with Crippen LogP contribution >= 0.6 is 11.6 Å². The van der Waals surface area contributed by atoms with E-state index in [4.69, 9.17) is 21.4 Å². The molecule has 5 nitrogen and oxygen atoms in total. The Bertz CT molecular complexity index is 850. The van der Waals surface area contributed by atoms with Crippen LogP contribution < -0.4 is 5.32 Å². The Morgan fingerprint density at radius 2 is 1.88 bits per heavy atom. The molecule has 0 fully saturated rings. The molecule has 0 aliphatic carbocycles. The van der Waals surface area contributed by atoms with Crippen LogP contribution in [0.15, 0.2) is 53.1 Å². The lowest BCUT2D eigenvalue weighted by Crippen LogP contribution is -2.07. The van der Waals surface area contributed by atoms with E-state index in [-0.39, 0.29) is 6.04 Å². The van der Waals surface area contributed by atoms with Crippen molar-refractivity contribution in [2.75, 3.05) is 5.32 Å². The summed E-state index contributed by atoms with van der Waals surface area (Å²) in [6.45, 7) is 1.95. The van der Waals surface area contributed by atoms with E-state index in [1.54, 1.807) is 12.1 Å². The van der Waals surface area contributed by atoms with Crippen molar-refractivity contribution in [1.82, 2.24) is 10.1 Å². The molecular formula is C18H15ClN4O. The topological polar surface area (TPSA) is 74.7 Å². The highest BCUT2D eigenvalue weighted by molar-refractivity contribution is 6.30. The molecule has 1 atom stereocenters. The Morgan fingerprint density at radius 3 is 2.54 bits per heavy atom. The smallest absolute Gasteiger partial charge is 0.249 e. The van der Waals surface area contributed by atoms with Crippen molar-refractivity contribution in [3.8, 4) is 17.5 Å². The molecule has 0 saturated carbocycles. The summed E-state index contributed by atoms with van der Waals surface area (Å²) in [5.74, 6) is 1.03. The van der Waals surface area contributed by atoms with E-state index < -0.39 is 0 Å². The molecule has 1 heterocycles. The van der Waals surface area contributed by atoms with Gasteiger partial charge in [-0.2, -0.15) is 10.2 Å². The standard InChI is InChI=1S/C18H15ClN4O/c1-12(21-16-8-2-13(3-9-16)10-11-20)18-22-17(23-24-18)14-4-6-15(19)7-5-14/h2-9,12,21H,10H2,1H3. The molecule has 2 aromatic carbocycles. The zero-order valence-electron chi connectivity index (χ0n) is 13.0. The number of nitriles is 1. The van der Waals surface area contributed by atoms with Gasteiger partial charge in [0.15, 0.2) is 0 Å². The molecule has 0 bridgehead atoms.